The van der Waals surface area contributed by atoms with Gasteiger partial charge < -0.3 is 11.1 Å². The summed E-state index contributed by atoms with van der Waals surface area (Å²) < 4.78 is 0. The van der Waals surface area contributed by atoms with Crippen LogP contribution in [-0.4, -0.2) is 4.98 Å². The molecule has 88 valence electrons. The third-order valence-electron chi connectivity index (χ3n) is 2.63. The summed E-state index contributed by atoms with van der Waals surface area (Å²) in [6, 6.07) is 12.1. The molecule has 3 heteroatoms. The molecule has 0 aliphatic rings. The maximum atomic E-state index is 5.55. The molecule has 1 heterocycles. The number of pyridine rings is 1. The van der Waals surface area contributed by atoms with Crippen molar-refractivity contribution < 1.29 is 0 Å². The Balaban J connectivity index is 2.18. The fourth-order valence-corrected chi connectivity index (χ4v) is 1.62. The van der Waals surface area contributed by atoms with E-state index >= 15 is 0 Å². The van der Waals surface area contributed by atoms with Crippen LogP contribution < -0.4 is 11.1 Å². The Morgan fingerprint density at radius 3 is 2.59 bits per heavy atom. The molecular formula is C14H17N3. The van der Waals surface area contributed by atoms with E-state index in [2.05, 4.69) is 42.3 Å². The molecule has 0 saturated heterocycles. The first kappa shape index (κ1) is 11.5. The van der Waals surface area contributed by atoms with Crippen molar-refractivity contribution in [2.75, 3.05) is 11.1 Å². The molecule has 17 heavy (non-hydrogen) atoms. The van der Waals surface area contributed by atoms with Crippen LogP contribution in [0.3, 0.4) is 0 Å². The van der Waals surface area contributed by atoms with Gasteiger partial charge in [-0.1, -0.05) is 26.0 Å². The Hall–Kier alpha value is -2.03. The van der Waals surface area contributed by atoms with E-state index in [-0.39, 0.29) is 0 Å². The zero-order valence-electron chi connectivity index (χ0n) is 10.1. The summed E-state index contributed by atoms with van der Waals surface area (Å²) in [7, 11) is 0. The zero-order valence-corrected chi connectivity index (χ0v) is 10.1. The predicted octanol–water partition coefficient (Wildman–Crippen LogP) is 3.53. The van der Waals surface area contributed by atoms with Crippen molar-refractivity contribution in [2.45, 2.75) is 19.8 Å². The molecule has 0 fully saturated rings. The van der Waals surface area contributed by atoms with Gasteiger partial charge in [-0.25, -0.2) is 4.98 Å². The Morgan fingerprint density at radius 1 is 1.12 bits per heavy atom. The van der Waals surface area contributed by atoms with Crippen LogP contribution in [-0.2, 0) is 0 Å². The summed E-state index contributed by atoms with van der Waals surface area (Å²) >= 11 is 0. The van der Waals surface area contributed by atoms with E-state index in [0.29, 0.717) is 11.7 Å². The Kier molecular flexibility index (Phi) is 3.28. The molecular weight excluding hydrogens is 210 g/mol. The second-order valence-electron chi connectivity index (χ2n) is 4.38. The zero-order chi connectivity index (χ0) is 12.3. The first-order valence-corrected chi connectivity index (χ1v) is 5.73. The monoisotopic (exact) mass is 227 g/mol. The summed E-state index contributed by atoms with van der Waals surface area (Å²) in [6.07, 6.45) is 1.73. The molecule has 0 aliphatic carbocycles. The maximum Gasteiger partial charge on any atom is 0.123 e. The molecule has 0 atom stereocenters. The topological polar surface area (TPSA) is 50.9 Å². The van der Waals surface area contributed by atoms with Gasteiger partial charge in [0, 0.05) is 5.69 Å². The molecule has 1 aromatic carbocycles. The second kappa shape index (κ2) is 4.87. The van der Waals surface area contributed by atoms with Crippen LogP contribution >= 0.6 is 0 Å². The van der Waals surface area contributed by atoms with Crippen molar-refractivity contribution in [3.8, 4) is 0 Å². The lowest BCUT2D eigenvalue weighted by atomic mass is 10.0. The van der Waals surface area contributed by atoms with Gasteiger partial charge in [0.1, 0.15) is 5.82 Å². The Labute approximate surface area is 102 Å². The summed E-state index contributed by atoms with van der Waals surface area (Å²) in [5, 5.41) is 3.31. The summed E-state index contributed by atoms with van der Waals surface area (Å²) in [6.45, 7) is 4.37. The lowest BCUT2D eigenvalue weighted by Crippen LogP contribution is -1.95. The van der Waals surface area contributed by atoms with Crippen molar-refractivity contribution in [2.24, 2.45) is 0 Å². The molecule has 0 aliphatic heterocycles. The number of anilines is 3. The van der Waals surface area contributed by atoms with E-state index in [1.165, 1.54) is 5.56 Å². The van der Waals surface area contributed by atoms with E-state index in [9.17, 15) is 0 Å². The lowest BCUT2D eigenvalue weighted by Gasteiger charge is -2.10. The SMILES string of the molecule is CC(C)c1cccc(Nc2ccc(N)nc2)c1. The first-order chi connectivity index (χ1) is 8.15. The van der Waals surface area contributed by atoms with E-state index in [4.69, 9.17) is 5.73 Å². The fraction of sp³-hybridized carbons (Fsp3) is 0.214. The molecule has 3 N–H and O–H groups in total. The molecule has 0 bridgehead atoms. The lowest BCUT2D eigenvalue weighted by molar-refractivity contribution is 0.867. The highest BCUT2D eigenvalue weighted by molar-refractivity contribution is 5.60. The number of benzene rings is 1. The van der Waals surface area contributed by atoms with Gasteiger partial charge in [0.25, 0.3) is 0 Å². The van der Waals surface area contributed by atoms with Crippen molar-refractivity contribution in [3.63, 3.8) is 0 Å². The summed E-state index contributed by atoms with van der Waals surface area (Å²) in [5.74, 6) is 1.06. The quantitative estimate of drug-likeness (QED) is 0.843. The van der Waals surface area contributed by atoms with Crippen LogP contribution in [0.1, 0.15) is 25.3 Å². The smallest absolute Gasteiger partial charge is 0.123 e. The Bertz CT molecular complexity index is 489. The third-order valence-corrected chi connectivity index (χ3v) is 2.63. The highest BCUT2D eigenvalue weighted by Gasteiger charge is 2.00. The number of nitrogens with two attached hydrogens (primary N) is 1. The van der Waals surface area contributed by atoms with E-state index in [1.54, 1.807) is 12.3 Å². The molecule has 2 rings (SSSR count). The van der Waals surface area contributed by atoms with Crippen LogP contribution in [0, 0.1) is 0 Å². The van der Waals surface area contributed by atoms with Gasteiger partial charge in [-0.3, -0.25) is 0 Å². The molecule has 0 saturated carbocycles. The van der Waals surface area contributed by atoms with Gasteiger partial charge in [0.15, 0.2) is 0 Å². The molecule has 0 radical (unpaired) electrons. The first-order valence-electron chi connectivity index (χ1n) is 5.73. The molecule has 1 aromatic heterocycles. The van der Waals surface area contributed by atoms with Gasteiger partial charge in [0.2, 0.25) is 0 Å². The van der Waals surface area contributed by atoms with Crippen LogP contribution in [0.4, 0.5) is 17.2 Å². The number of aromatic nitrogens is 1. The highest BCUT2D eigenvalue weighted by Crippen LogP contribution is 2.21. The number of nitrogens with one attached hydrogen (secondary N) is 1. The maximum absolute atomic E-state index is 5.55. The van der Waals surface area contributed by atoms with Gasteiger partial charge in [-0.15, -0.1) is 0 Å². The predicted molar refractivity (Wildman–Crippen MR) is 72.5 cm³/mol. The molecule has 2 aromatic rings. The van der Waals surface area contributed by atoms with E-state index < -0.39 is 0 Å². The Morgan fingerprint density at radius 2 is 1.94 bits per heavy atom. The second-order valence-corrected chi connectivity index (χ2v) is 4.38. The van der Waals surface area contributed by atoms with Crippen molar-refractivity contribution in [3.05, 3.63) is 48.2 Å². The number of hydrogen-bond donors (Lipinski definition) is 2. The van der Waals surface area contributed by atoms with E-state index in [0.717, 1.165) is 11.4 Å². The minimum atomic E-state index is 0.529. The average Bonchev–Trinajstić information content (AvgIpc) is 2.32. The van der Waals surface area contributed by atoms with Crippen LogP contribution in [0.25, 0.3) is 0 Å². The van der Waals surface area contributed by atoms with Gasteiger partial charge >= 0.3 is 0 Å². The minimum Gasteiger partial charge on any atom is -0.384 e. The summed E-state index contributed by atoms with van der Waals surface area (Å²) in [5.41, 5.74) is 8.88. The van der Waals surface area contributed by atoms with Gasteiger partial charge in [-0.05, 0) is 35.7 Å². The number of hydrogen-bond acceptors (Lipinski definition) is 3. The molecule has 0 unspecified atom stereocenters. The number of rotatable bonds is 3. The van der Waals surface area contributed by atoms with Crippen molar-refractivity contribution in [1.29, 1.82) is 0 Å². The standard InChI is InChI=1S/C14H17N3/c1-10(2)11-4-3-5-12(8-11)17-13-6-7-14(15)16-9-13/h3-10,17H,1-2H3,(H2,15,16). The van der Waals surface area contributed by atoms with Gasteiger partial charge in [0.05, 0.1) is 11.9 Å². The average molecular weight is 227 g/mol. The van der Waals surface area contributed by atoms with Crippen LogP contribution in [0.15, 0.2) is 42.6 Å². The van der Waals surface area contributed by atoms with Crippen LogP contribution in [0.2, 0.25) is 0 Å². The minimum absolute atomic E-state index is 0.529. The number of nitrogen functional groups attached to an aromatic ring is 1. The van der Waals surface area contributed by atoms with Crippen molar-refractivity contribution in [1.82, 2.24) is 4.98 Å². The molecule has 0 spiro atoms. The van der Waals surface area contributed by atoms with Crippen molar-refractivity contribution >= 4 is 17.2 Å². The highest BCUT2D eigenvalue weighted by atomic mass is 14.9. The number of nitrogens with zero attached hydrogens (tertiary/aromatic N) is 1. The normalized spacial score (nSPS) is 10.5. The van der Waals surface area contributed by atoms with Crippen LogP contribution in [0.5, 0.6) is 0 Å². The largest absolute Gasteiger partial charge is 0.384 e. The summed E-state index contributed by atoms with van der Waals surface area (Å²) in [4.78, 5) is 4.05. The fourth-order valence-electron chi connectivity index (χ4n) is 1.62. The van der Waals surface area contributed by atoms with E-state index in [1.807, 2.05) is 12.1 Å². The third kappa shape index (κ3) is 2.97. The van der Waals surface area contributed by atoms with Gasteiger partial charge in [-0.2, -0.15) is 0 Å². The molecule has 3 nitrogen and oxygen atoms in total. The molecule has 0 amide bonds.